The van der Waals surface area contributed by atoms with E-state index in [1.54, 1.807) is 0 Å². The van der Waals surface area contributed by atoms with Gasteiger partial charge in [0.1, 0.15) is 0 Å². The molecule has 1 fully saturated rings. The molecule has 1 aromatic heterocycles. The van der Waals surface area contributed by atoms with E-state index >= 15 is 0 Å². The van der Waals surface area contributed by atoms with E-state index in [-0.39, 0.29) is 0 Å². The molecule has 0 amide bonds. The first-order valence-corrected chi connectivity index (χ1v) is 6.73. The van der Waals surface area contributed by atoms with Crippen LogP contribution in [0.25, 0.3) is 0 Å². The van der Waals surface area contributed by atoms with Crippen LogP contribution >= 0.6 is 0 Å². The van der Waals surface area contributed by atoms with Crippen molar-refractivity contribution in [1.29, 1.82) is 0 Å². The predicted molar refractivity (Wildman–Crippen MR) is 74.2 cm³/mol. The third-order valence-electron chi connectivity index (χ3n) is 3.81. The molecule has 0 bridgehead atoms. The summed E-state index contributed by atoms with van der Waals surface area (Å²) in [5.41, 5.74) is 2.77. The number of hydrogen-bond donors (Lipinski definition) is 1. The molecule has 0 aliphatic heterocycles. The number of aromatic nitrogens is 1. The van der Waals surface area contributed by atoms with Crippen LogP contribution in [0.5, 0.6) is 0 Å². The van der Waals surface area contributed by atoms with Crippen LogP contribution in [-0.4, -0.2) is 4.57 Å². The van der Waals surface area contributed by atoms with Crippen molar-refractivity contribution in [3.63, 3.8) is 0 Å². The first kappa shape index (κ1) is 11.5. The lowest BCUT2D eigenvalue weighted by atomic mass is 10.0. The quantitative estimate of drug-likeness (QED) is 0.848. The maximum Gasteiger partial charge on any atom is 0.0364 e. The lowest BCUT2D eigenvalue weighted by Gasteiger charge is -2.19. The molecule has 1 aliphatic rings. The largest absolute Gasteiger partial charge is 0.353 e. The molecule has 2 heteroatoms. The first-order chi connectivity index (χ1) is 8.84. The summed E-state index contributed by atoms with van der Waals surface area (Å²) in [5.74, 6) is 0.827. The number of hydrogen-bond acceptors (Lipinski definition) is 1. The van der Waals surface area contributed by atoms with Crippen molar-refractivity contribution in [2.24, 2.45) is 13.0 Å². The summed E-state index contributed by atoms with van der Waals surface area (Å²) in [4.78, 5) is 0. The van der Waals surface area contributed by atoms with Gasteiger partial charge in [-0.15, -0.1) is 0 Å². The van der Waals surface area contributed by atoms with E-state index in [0.717, 1.165) is 12.5 Å². The Labute approximate surface area is 109 Å². The zero-order valence-electron chi connectivity index (χ0n) is 10.8. The predicted octanol–water partition coefficient (Wildman–Crippen LogP) is 3.27. The second-order valence-electron chi connectivity index (χ2n) is 5.22. The number of aryl methyl sites for hydroxylation is 1. The van der Waals surface area contributed by atoms with E-state index in [4.69, 9.17) is 0 Å². The average molecular weight is 240 g/mol. The van der Waals surface area contributed by atoms with Crippen molar-refractivity contribution < 1.29 is 0 Å². The molecule has 1 heterocycles. The topological polar surface area (TPSA) is 17.0 Å². The molecule has 1 aliphatic carbocycles. The smallest absolute Gasteiger partial charge is 0.0364 e. The highest BCUT2D eigenvalue weighted by atomic mass is 15.0. The SMILES string of the molecule is Cn1cccc1CNC(c1ccccc1)C1CC1. The van der Waals surface area contributed by atoms with Crippen LogP contribution in [0.1, 0.15) is 30.1 Å². The number of nitrogens with zero attached hydrogens (tertiary/aromatic N) is 1. The van der Waals surface area contributed by atoms with Gasteiger partial charge in [-0.1, -0.05) is 30.3 Å². The van der Waals surface area contributed by atoms with Crippen LogP contribution in [0.3, 0.4) is 0 Å². The van der Waals surface area contributed by atoms with Crippen molar-refractivity contribution in [2.75, 3.05) is 0 Å². The second-order valence-corrected chi connectivity index (χ2v) is 5.22. The molecule has 2 aromatic rings. The van der Waals surface area contributed by atoms with Gasteiger partial charge in [-0.25, -0.2) is 0 Å². The van der Waals surface area contributed by atoms with Gasteiger partial charge in [-0.3, -0.25) is 0 Å². The maximum absolute atomic E-state index is 3.72. The zero-order chi connectivity index (χ0) is 12.4. The van der Waals surface area contributed by atoms with Crippen LogP contribution in [0.4, 0.5) is 0 Å². The lowest BCUT2D eigenvalue weighted by Crippen LogP contribution is -2.23. The van der Waals surface area contributed by atoms with Gasteiger partial charge in [0, 0.05) is 31.5 Å². The summed E-state index contributed by atoms with van der Waals surface area (Å²) in [6.07, 6.45) is 4.82. The molecule has 18 heavy (non-hydrogen) atoms. The molecule has 1 atom stereocenters. The number of benzene rings is 1. The molecular formula is C16H20N2. The Morgan fingerprint density at radius 1 is 1.17 bits per heavy atom. The molecule has 3 rings (SSSR count). The third-order valence-corrected chi connectivity index (χ3v) is 3.81. The van der Waals surface area contributed by atoms with Gasteiger partial charge >= 0.3 is 0 Å². The molecule has 0 spiro atoms. The van der Waals surface area contributed by atoms with Crippen LogP contribution < -0.4 is 5.32 Å². The Morgan fingerprint density at radius 3 is 2.56 bits per heavy atom. The van der Waals surface area contributed by atoms with E-state index in [1.807, 2.05) is 0 Å². The van der Waals surface area contributed by atoms with Gasteiger partial charge in [-0.2, -0.15) is 0 Å². The Hall–Kier alpha value is -1.54. The molecule has 1 N–H and O–H groups in total. The van der Waals surface area contributed by atoms with Crippen LogP contribution in [0.15, 0.2) is 48.7 Å². The normalized spacial score (nSPS) is 16.7. The fraction of sp³-hybridized carbons (Fsp3) is 0.375. The van der Waals surface area contributed by atoms with Crippen molar-refractivity contribution in [1.82, 2.24) is 9.88 Å². The maximum atomic E-state index is 3.72. The Bertz CT molecular complexity index is 497. The van der Waals surface area contributed by atoms with Gasteiger partial charge in [-0.05, 0) is 36.5 Å². The number of nitrogens with one attached hydrogen (secondary N) is 1. The summed E-state index contributed by atoms with van der Waals surface area (Å²) in [6.45, 7) is 0.944. The molecule has 1 saturated carbocycles. The standard InChI is InChI=1S/C16H20N2/c1-18-11-5-8-15(18)12-17-16(14-9-10-14)13-6-3-2-4-7-13/h2-8,11,14,16-17H,9-10,12H2,1H3. The monoisotopic (exact) mass is 240 g/mol. The van der Waals surface area contributed by atoms with E-state index in [0.29, 0.717) is 6.04 Å². The molecule has 0 saturated heterocycles. The summed E-state index contributed by atoms with van der Waals surface area (Å²) in [5, 5.41) is 3.72. The minimum Gasteiger partial charge on any atom is -0.353 e. The van der Waals surface area contributed by atoms with E-state index < -0.39 is 0 Å². The average Bonchev–Trinajstić information content (AvgIpc) is 3.15. The highest BCUT2D eigenvalue weighted by molar-refractivity contribution is 5.21. The summed E-state index contributed by atoms with van der Waals surface area (Å²) in [7, 11) is 2.10. The molecule has 1 aromatic carbocycles. The van der Waals surface area contributed by atoms with Gasteiger partial charge in [0.25, 0.3) is 0 Å². The zero-order valence-corrected chi connectivity index (χ0v) is 10.8. The summed E-state index contributed by atoms with van der Waals surface area (Å²) < 4.78 is 2.18. The molecule has 0 radical (unpaired) electrons. The Balaban J connectivity index is 1.70. The summed E-state index contributed by atoms with van der Waals surface area (Å²) in [6, 6.07) is 15.6. The number of rotatable bonds is 5. The van der Waals surface area contributed by atoms with Gasteiger partial charge < -0.3 is 9.88 Å². The van der Waals surface area contributed by atoms with Gasteiger partial charge in [0.2, 0.25) is 0 Å². The van der Waals surface area contributed by atoms with E-state index in [2.05, 4.69) is 65.6 Å². The highest BCUT2D eigenvalue weighted by Gasteiger charge is 2.31. The lowest BCUT2D eigenvalue weighted by molar-refractivity contribution is 0.472. The van der Waals surface area contributed by atoms with Crippen molar-refractivity contribution in [3.8, 4) is 0 Å². The van der Waals surface area contributed by atoms with Gasteiger partial charge in [0.05, 0.1) is 0 Å². The minimum absolute atomic E-state index is 0.515. The molecule has 94 valence electrons. The van der Waals surface area contributed by atoms with E-state index in [1.165, 1.54) is 24.1 Å². The van der Waals surface area contributed by atoms with Crippen molar-refractivity contribution >= 4 is 0 Å². The molecule has 1 unspecified atom stereocenters. The fourth-order valence-electron chi connectivity index (χ4n) is 2.54. The Kier molecular flexibility index (Phi) is 3.20. The van der Waals surface area contributed by atoms with Crippen LogP contribution in [-0.2, 0) is 13.6 Å². The summed E-state index contributed by atoms with van der Waals surface area (Å²) >= 11 is 0. The van der Waals surface area contributed by atoms with Crippen LogP contribution in [0.2, 0.25) is 0 Å². The van der Waals surface area contributed by atoms with Crippen LogP contribution in [0, 0.1) is 5.92 Å². The third kappa shape index (κ3) is 2.49. The van der Waals surface area contributed by atoms with Gasteiger partial charge in [0.15, 0.2) is 0 Å². The Morgan fingerprint density at radius 2 is 1.94 bits per heavy atom. The second kappa shape index (κ2) is 4.99. The van der Waals surface area contributed by atoms with Crippen molar-refractivity contribution in [3.05, 3.63) is 59.9 Å². The first-order valence-electron chi connectivity index (χ1n) is 6.73. The van der Waals surface area contributed by atoms with Crippen molar-refractivity contribution in [2.45, 2.75) is 25.4 Å². The van der Waals surface area contributed by atoms with E-state index in [9.17, 15) is 0 Å². The minimum atomic E-state index is 0.515. The molecular weight excluding hydrogens is 220 g/mol. The fourth-order valence-corrected chi connectivity index (χ4v) is 2.54. The highest BCUT2D eigenvalue weighted by Crippen LogP contribution is 2.41. The molecule has 2 nitrogen and oxygen atoms in total.